The number of nitrogens with zero attached hydrogens (tertiary/aromatic N) is 1. The Morgan fingerprint density at radius 1 is 1.24 bits per heavy atom. The van der Waals surface area contributed by atoms with Gasteiger partial charge in [0.1, 0.15) is 11.4 Å². The second-order valence-electron chi connectivity index (χ2n) is 7.29. The summed E-state index contributed by atoms with van der Waals surface area (Å²) in [6.45, 7) is 0.822. The zero-order valence-corrected chi connectivity index (χ0v) is 14.4. The van der Waals surface area contributed by atoms with Gasteiger partial charge in [0.25, 0.3) is 5.91 Å². The second-order valence-corrected chi connectivity index (χ2v) is 7.29. The normalized spacial score (nSPS) is 21.3. The molecule has 1 saturated heterocycles. The van der Waals surface area contributed by atoms with Crippen molar-refractivity contribution in [3.05, 3.63) is 24.0 Å². The Morgan fingerprint density at radius 2 is 2.00 bits per heavy atom. The summed E-state index contributed by atoms with van der Waals surface area (Å²) in [5, 5.41) is 13.3. The summed E-state index contributed by atoms with van der Waals surface area (Å²) in [5.41, 5.74) is 1.19. The van der Waals surface area contributed by atoms with Crippen LogP contribution < -0.4 is 5.32 Å². The van der Waals surface area contributed by atoms with Crippen molar-refractivity contribution in [2.75, 3.05) is 18.5 Å². The van der Waals surface area contributed by atoms with Crippen molar-refractivity contribution in [3.8, 4) is 0 Å². The van der Waals surface area contributed by atoms with Crippen LogP contribution in [0.25, 0.3) is 11.0 Å². The number of rotatable bonds is 3. The van der Waals surface area contributed by atoms with E-state index in [2.05, 4.69) is 10.3 Å². The maximum atomic E-state index is 12.4. The van der Waals surface area contributed by atoms with Crippen LogP contribution in [-0.4, -0.2) is 39.8 Å². The summed E-state index contributed by atoms with van der Waals surface area (Å²) >= 11 is 0. The number of H-pyrrole nitrogens is 1. The number of ether oxygens (including phenoxy) is 1. The average Bonchev–Trinajstić information content (AvgIpc) is 3.06. The lowest BCUT2D eigenvalue weighted by atomic mass is 9.89. The molecule has 2 fully saturated rings. The van der Waals surface area contributed by atoms with Crippen molar-refractivity contribution in [1.82, 2.24) is 9.97 Å². The minimum absolute atomic E-state index is 0.330. The van der Waals surface area contributed by atoms with Gasteiger partial charge in [-0.05, 0) is 31.0 Å². The van der Waals surface area contributed by atoms with E-state index in [0.29, 0.717) is 37.7 Å². The van der Waals surface area contributed by atoms with E-state index in [9.17, 15) is 9.90 Å². The third kappa shape index (κ3) is 3.41. The first-order valence-electron chi connectivity index (χ1n) is 9.25. The Labute approximate surface area is 147 Å². The Kier molecular flexibility index (Phi) is 4.48. The molecule has 134 valence electrons. The van der Waals surface area contributed by atoms with Gasteiger partial charge in [-0.1, -0.05) is 19.3 Å². The molecule has 1 amide bonds. The molecule has 1 aromatic heterocycles. The first kappa shape index (κ1) is 16.5. The standard InChI is InChI=1S/C19H25N3O3/c23-18(19(24)8-10-25-11-9-19)20-14-6-7-15-16(12-14)22-17(21-15)13-4-2-1-3-5-13/h6-7,12-13,24H,1-5,8-11H2,(H,20,23)(H,21,22). The van der Waals surface area contributed by atoms with Crippen molar-refractivity contribution >= 4 is 22.6 Å². The first-order valence-corrected chi connectivity index (χ1v) is 9.25. The second kappa shape index (κ2) is 6.77. The molecule has 2 aliphatic rings. The lowest BCUT2D eigenvalue weighted by Gasteiger charge is -2.30. The third-order valence-electron chi connectivity index (χ3n) is 5.49. The number of anilines is 1. The summed E-state index contributed by atoms with van der Waals surface area (Å²) < 4.78 is 5.23. The largest absolute Gasteiger partial charge is 0.381 e. The maximum Gasteiger partial charge on any atom is 0.256 e. The van der Waals surface area contributed by atoms with Crippen LogP contribution in [0.2, 0.25) is 0 Å². The number of amides is 1. The number of benzene rings is 1. The van der Waals surface area contributed by atoms with E-state index in [1.807, 2.05) is 18.2 Å². The molecule has 1 aliphatic heterocycles. The molecule has 4 rings (SSSR count). The molecule has 0 spiro atoms. The molecular weight excluding hydrogens is 318 g/mol. The molecule has 6 heteroatoms. The molecule has 0 radical (unpaired) electrons. The Hall–Kier alpha value is -1.92. The summed E-state index contributed by atoms with van der Waals surface area (Å²) in [4.78, 5) is 20.6. The number of nitrogens with one attached hydrogen (secondary N) is 2. The first-order chi connectivity index (χ1) is 12.1. The minimum atomic E-state index is -1.34. The molecule has 0 atom stereocenters. The zero-order valence-electron chi connectivity index (χ0n) is 14.4. The lowest BCUT2D eigenvalue weighted by Crippen LogP contribution is -2.47. The highest BCUT2D eigenvalue weighted by Crippen LogP contribution is 2.32. The van der Waals surface area contributed by atoms with Crippen LogP contribution in [0.15, 0.2) is 18.2 Å². The molecule has 6 nitrogen and oxygen atoms in total. The van der Waals surface area contributed by atoms with Gasteiger partial charge in [-0.15, -0.1) is 0 Å². The molecule has 2 heterocycles. The topological polar surface area (TPSA) is 87.2 Å². The van der Waals surface area contributed by atoms with Gasteiger partial charge >= 0.3 is 0 Å². The van der Waals surface area contributed by atoms with Gasteiger partial charge in [0.05, 0.1) is 11.0 Å². The molecule has 1 saturated carbocycles. The number of hydrogen-bond donors (Lipinski definition) is 3. The predicted molar refractivity (Wildman–Crippen MR) is 95.6 cm³/mol. The highest BCUT2D eigenvalue weighted by molar-refractivity contribution is 5.98. The molecular formula is C19H25N3O3. The number of hydrogen-bond acceptors (Lipinski definition) is 4. The fourth-order valence-corrected chi connectivity index (χ4v) is 3.86. The van der Waals surface area contributed by atoms with E-state index < -0.39 is 5.60 Å². The molecule has 0 bridgehead atoms. The molecule has 1 aromatic carbocycles. The van der Waals surface area contributed by atoms with E-state index in [1.54, 1.807) is 0 Å². The van der Waals surface area contributed by atoms with Gasteiger partial charge in [-0.3, -0.25) is 4.79 Å². The lowest BCUT2D eigenvalue weighted by molar-refractivity contribution is -0.143. The van der Waals surface area contributed by atoms with Gasteiger partial charge < -0.3 is 20.1 Å². The van der Waals surface area contributed by atoms with Gasteiger partial charge in [0.2, 0.25) is 0 Å². The van der Waals surface area contributed by atoms with Crippen LogP contribution in [0, 0.1) is 0 Å². The number of carbonyl (C=O) groups is 1. The van der Waals surface area contributed by atoms with Crippen LogP contribution in [0.5, 0.6) is 0 Å². The summed E-state index contributed by atoms with van der Waals surface area (Å²) in [7, 11) is 0. The Balaban J connectivity index is 1.51. The average molecular weight is 343 g/mol. The van der Waals surface area contributed by atoms with E-state index >= 15 is 0 Å². The molecule has 3 N–H and O–H groups in total. The van der Waals surface area contributed by atoms with Gasteiger partial charge in [-0.25, -0.2) is 4.98 Å². The number of aliphatic hydroxyl groups is 1. The van der Waals surface area contributed by atoms with Crippen molar-refractivity contribution in [3.63, 3.8) is 0 Å². The zero-order chi connectivity index (χ0) is 17.3. The van der Waals surface area contributed by atoms with E-state index in [-0.39, 0.29) is 5.91 Å². The minimum Gasteiger partial charge on any atom is -0.381 e. The van der Waals surface area contributed by atoms with Crippen molar-refractivity contribution in [2.45, 2.75) is 56.5 Å². The summed E-state index contributed by atoms with van der Waals surface area (Å²) in [6, 6.07) is 5.66. The Bertz CT molecular complexity index is 758. The van der Waals surface area contributed by atoms with Crippen LogP contribution in [0.3, 0.4) is 0 Å². The quantitative estimate of drug-likeness (QED) is 0.799. The molecule has 0 unspecified atom stereocenters. The van der Waals surface area contributed by atoms with E-state index in [4.69, 9.17) is 9.72 Å². The van der Waals surface area contributed by atoms with Crippen LogP contribution in [-0.2, 0) is 9.53 Å². The third-order valence-corrected chi connectivity index (χ3v) is 5.49. The molecule has 1 aliphatic carbocycles. The van der Waals surface area contributed by atoms with Crippen molar-refractivity contribution < 1.29 is 14.6 Å². The maximum absolute atomic E-state index is 12.4. The monoisotopic (exact) mass is 343 g/mol. The van der Waals surface area contributed by atoms with Crippen molar-refractivity contribution in [2.24, 2.45) is 0 Å². The number of aromatic amines is 1. The smallest absolute Gasteiger partial charge is 0.256 e. The van der Waals surface area contributed by atoms with Gasteiger partial charge in [-0.2, -0.15) is 0 Å². The number of aromatic nitrogens is 2. The Morgan fingerprint density at radius 3 is 2.76 bits per heavy atom. The number of fused-ring (bicyclic) bond motifs is 1. The fraction of sp³-hybridized carbons (Fsp3) is 0.579. The van der Waals surface area contributed by atoms with E-state index in [0.717, 1.165) is 16.9 Å². The van der Waals surface area contributed by atoms with Crippen LogP contribution >= 0.6 is 0 Å². The fourth-order valence-electron chi connectivity index (χ4n) is 3.86. The highest BCUT2D eigenvalue weighted by atomic mass is 16.5. The number of carbonyl (C=O) groups excluding carboxylic acids is 1. The van der Waals surface area contributed by atoms with Gasteiger partial charge in [0.15, 0.2) is 0 Å². The molecule has 2 aromatic rings. The van der Waals surface area contributed by atoms with Crippen LogP contribution in [0.1, 0.15) is 56.7 Å². The number of imidazole rings is 1. The SMILES string of the molecule is O=C(Nc1ccc2nc(C3CCCCC3)[nH]c2c1)C1(O)CCOCC1. The van der Waals surface area contributed by atoms with Crippen molar-refractivity contribution in [1.29, 1.82) is 0 Å². The predicted octanol–water partition coefficient (Wildman–Crippen LogP) is 3.09. The van der Waals surface area contributed by atoms with E-state index in [1.165, 1.54) is 32.1 Å². The summed E-state index contributed by atoms with van der Waals surface area (Å²) in [6.07, 6.45) is 6.91. The van der Waals surface area contributed by atoms with Gasteiger partial charge in [0, 0.05) is 37.7 Å². The molecule has 25 heavy (non-hydrogen) atoms. The highest BCUT2D eigenvalue weighted by Gasteiger charge is 2.37. The van der Waals surface area contributed by atoms with Crippen LogP contribution in [0.4, 0.5) is 5.69 Å². The summed E-state index contributed by atoms with van der Waals surface area (Å²) in [5.74, 6) is 1.21.